The highest BCUT2D eigenvalue weighted by molar-refractivity contribution is 9.10. The van der Waals surface area contributed by atoms with E-state index in [4.69, 9.17) is 14.2 Å². The highest BCUT2D eigenvalue weighted by Gasteiger charge is 2.32. The van der Waals surface area contributed by atoms with Crippen molar-refractivity contribution in [2.24, 2.45) is 0 Å². The van der Waals surface area contributed by atoms with Gasteiger partial charge in [0, 0.05) is 10.2 Å². The lowest BCUT2D eigenvalue weighted by molar-refractivity contribution is -0.150. The zero-order chi connectivity index (χ0) is 31.2. The molecule has 0 unspecified atom stereocenters. The van der Waals surface area contributed by atoms with Gasteiger partial charge < -0.3 is 30.2 Å². The van der Waals surface area contributed by atoms with Crippen LogP contribution < -0.4 is 20.7 Å². The lowest BCUT2D eigenvalue weighted by atomic mass is 10.0. The molecule has 3 N–H and O–H groups in total. The molecule has 3 aromatic rings. The van der Waals surface area contributed by atoms with Gasteiger partial charge in [0.05, 0.1) is 37.2 Å². The Bertz CT molecular complexity index is 1430. The number of carbonyl (C=O) groups is 3. The molecule has 0 saturated carbocycles. The third-order valence-electron chi connectivity index (χ3n) is 6.42. The number of methoxy groups -OCH3 is 2. The predicted octanol–water partition coefficient (Wildman–Crippen LogP) is 6.86. The fourth-order valence-corrected chi connectivity index (χ4v) is 5.21. The number of ether oxygens (including phenoxy) is 3. The molecule has 0 spiro atoms. The van der Waals surface area contributed by atoms with Crippen LogP contribution in [0.15, 0.2) is 59.1 Å². The summed E-state index contributed by atoms with van der Waals surface area (Å²) >= 11 is 3.47. The largest absolute Gasteiger partial charge is 0.497 e. The highest BCUT2D eigenvalue weighted by Crippen LogP contribution is 2.29. The second-order valence-corrected chi connectivity index (χ2v) is 11.8. The molecule has 3 rings (SSSR count). The number of hydrogen-bond acceptors (Lipinski definition) is 6. The number of amides is 3. The number of halogens is 1. The topological polar surface area (TPSA) is 115 Å². The first-order valence-corrected chi connectivity index (χ1v) is 14.2. The molecule has 0 heterocycles. The van der Waals surface area contributed by atoms with E-state index in [9.17, 15) is 14.4 Å². The molecule has 0 bridgehead atoms. The first-order valence-electron chi connectivity index (χ1n) is 13.4. The summed E-state index contributed by atoms with van der Waals surface area (Å²) < 4.78 is 17.0. The van der Waals surface area contributed by atoms with E-state index in [0.29, 0.717) is 11.4 Å². The number of anilines is 2. The Hall–Kier alpha value is -3.89. The molecule has 0 radical (unpaired) electrons. The fraction of sp³-hybridized carbons (Fsp3) is 0.344. The quantitative estimate of drug-likeness (QED) is 0.220. The molecular formula is C32H38BrN3O6. The van der Waals surface area contributed by atoms with Gasteiger partial charge in [-0.15, -0.1) is 0 Å². The second-order valence-electron chi connectivity index (χ2n) is 10.9. The van der Waals surface area contributed by atoms with Crippen molar-refractivity contribution in [1.82, 2.24) is 5.32 Å². The molecule has 42 heavy (non-hydrogen) atoms. The van der Waals surface area contributed by atoms with Crippen LogP contribution in [-0.4, -0.2) is 49.9 Å². The van der Waals surface area contributed by atoms with Crippen LogP contribution in [0.5, 0.6) is 5.75 Å². The maximum atomic E-state index is 13.6. The van der Waals surface area contributed by atoms with Gasteiger partial charge in [0.25, 0.3) is 5.91 Å². The minimum Gasteiger partial charge on any atom is -0.497 e. The van der Waals surface area contributed by atoms with Crippen molar-refractivity contribution in [2.75, 3.05) is 24.9 Å². The molecule has 10 heteroatoms. The average Bonchev–Trinajstić information content (AvgIpc) is 2.92. The van der Waals surface area contributed by atoms with Crippen molar-refractivity contribution >= 4 is 45.2 Å². The Kier molecular flexibility index (Phi) is 10.8. The molecule has 9 nitrogen and oxygen atoms in total. The Balaban J connectivity index is 1.98. The SMILES string of the molecule is COC(=O)[C@@H](NC(=O)c1ccc(-c2ccc(OC)cc2)cc1NC(=O)Nc1c(C)cc(Br)cc1C)[C@@H](C)OC(C)(C)C. The second kappa shape index (κ2) is 13.8. The Morgan fingerprint density at radius 2 is 1.45 bits per heavy atom. The summed E-state index contributed by atoms with van der Waals surface area (Å²) in [5, 5.41) is 8.46. The number of nitrogens with one attached hydrogen (secondary N) is 3. The van der Waals surface area contributed by atoms with Gasteiger partial charge in [0.2, 0.25) is 0 Å². The first-order chi connectivity index (χ1) is 19.7. The van der Waals surface area contributed by atoms with Crippen LogP contribution >= 0.6 is 15.9 Å². The lowest BCUT2D eigenvalue weighted by Gasteiger charge is -2.30. The van der Waals surface area contributed by atoms with Gasteiger partial charge in [-0.25, -0.2) is 9.59 Å². The molecule has 0 fully saturated rings. The maximum Gasteiger partial charge on any atom is 0.331 e. The van der Waals surface area contributed by atoms with Gasteiger partial charge in [-0.05, 0) is 100 Å². The molecular weight excluding hydrogens is 602 g/mol. The molecule has 0 saturated heterocycles. The molecule has 2 atom stereocenters. The van der Waals surface area contributed by atoms with Crippen LogP contribution in [0, 0.1) is 13.8 Å². The van der Waals surface area contributed by atoms with Gasteiger partial charge >= 0.3 is 12.0 Å². The van der Waals surface area contributed by atoms with Crippen LogP contribution in [0.1, 0.15) is 49.2 Å². The van der Waals surface area contributed by atoms with E-state index in [1.165, 1.54) is 7.11 Å². The summed E-state index contributed by atoms with van der Waals surface area (Å²) in [5.74, 6) is -0.529. The van der Waals surface area contributed by atoms with E-state index < -0.39 is 35.7 Å². The van der Waals surface area contributed by atoms with Crippen LogP contribution in [-0.2, 0) is 14.3 Å². The number of hydrogen-bond donors (Lipinski definition) is 3. The summed E-state index contributed by atoms with van der Waals surface area (Å²) in [6.07, 6.45) is -0.692. The number of esters is 1. The van der Waals surface area contributed by atoms with Crippen LogP contribution in [0.25, 0.3) is 11.1 Å². The van der Waals surface area contributed by atoms with Crippen molar-refractivity contribution < 1.29 is 28.6 Å². The average molecular weight is 641 g/mol. The van der Waals surface area contributed by atoms with Gasteiger partial charge in [0.1, 0.15) is 5.75 Å². The van der Waals surface area contributed by atoms with E-state index in [1.807, 2.05) is 71.0 Å². The van der Waals surface area contributed by atoms with Crippen LogP contribution in [0.2, 0.25) is 0 Å². The number of carbonyl (C=O) groups excluding carboxylic acids is 3. The normalized spacial score (nSPS) is 12.6. The summed E-state index contributed by atoms with van der Waals surface area (Å²) in [6.45, 7) is 11.0. The fourth-order valence-electron chi connectivity index (χ4n) is 4.52. The first kappa shape index (κ1) is 32.6. The molecule has 3 amide bonds. The van der Waals surface area contributed by atoms with Crippen molar-refractivity contribution in [2.45, 2.75) is 59.3 Å². The van der Waals surface area contributed by atoms with Crippen molar-refractivity contribution in [3.8, 4) is 16.9 Å². The third kappa shape index (κ3) is 8.56. The van der Waals surface area contributed by atoms with Crippen molar-refractivity contribution in [1.29, 1.82) is 0 Å². The van der Waals surface area contributed by atoms with Gasteiger partial charge in [-0.1, -0.05) is 34.1 Å². The third-order valence-corrected chi connectivity index (χ3v) is 6.88. The van der Waals surface area contributed by atoms with Gasteiger partial charge in [-0.3, -0.25) is 4.79 Å². The molecule has 0 aliphatic heterocycles. The number of rotatable bonds is 9. The minimum absolute atomic E-state index is 0.156. The molecule has 3 aromatic carbocycles. The van der Waals surface area contributed by atoms with Crippen molar-refractivity contribution in [3.63, 3.8) is 0 Å². The van der Waals surface area contributed by atoms with Gasteiger partial charge in [-0.2, -0.15) is 0 Å². The Labute approximate surface area is 255 Å². The minimum atomic E-state index is -1.09. The zero-order valence-electron chi connectivity index (χ0n) is 25.2. The number of urea groups is 1. The smallest absolute Gasteiger partial charge is 0.331 e. The molecule has 224 valence electrons. The summed E-state index contributed by atoms with van der Waals surface area (Å²) in [6, 6.07) is 14.7. The predicted molar refractivity (Wildman–Crippen MR) is 168 cm³/mol. The Morgan fingerprint density at radius 3 is 2.00 bits per heavy atom. The summed E-state index contributed by atoms with van der Waals surface area (Å²) in [7, 11) is 2.84. The summed E-state index contributed by atoms with van der Waals surface area (Å²) in [4.78, 5) is 39.5. The van der Waals surface area contributed by atoms with Gasteiger partial charge in [0.15, 0.2) is 6.04 Å². The summed E-state index contributed by atoms with van der Waals surface area (Å²) in [5.41, 5.74) is 3.85. The van der Waals surface area contributed by atoms with E-state index in [1.54, 1.807) is 32.2 Å². The maximum absolute atomic E-state index is 13.6. The lowest BCUT2D eigenvalue weighted by Crippen LogP contribution is -2.51. The van der Waals surface area contributed by atoms with E-state index in [2.05, 4.69) is 31.9 Å². The standard InChI is InChI=1S/C32H38BrN3O6/c1-18-15-23(33)16-19(2)27(18)36-31(39)34-26-17-22(21-9-12-24(40-7)13-10-21)11-14-25(26)29(37)35-28(30(38)41-8)20(3)42-32(4,5)6/h9-17,20,28H,1-8H3,(H,35,37)(H2,34,36,39)/t20-,28+/m1/s1. The van der Waals surface area contributed by atoms with Crippen LogP contribution in [0.3, 0.4) is 0 Å². The van der Waals surface area contributed by atoms with E-state index in [-0.39, 0.29) is 11.3 Å². The highest BCUT2D eigenvalue weighted by atomic mass is 79.9. The number of benzene rings is 3. The number of aryl methyl sites for hydroxylation is 2. The zero-order valence-corrected chi connectivity index (χ0v) is 26.8. The van der Waals surface area contributed by atoms with E-state index >= 15 is 0 Å². The van der Waals surface area contributed by atoms with Crippen LogP contribution in [0.4, 0.5) is 16.2 Å². The molecule has 0 aliphatic carbocycles. The monoisotopic (exact) mass is 639 g/mol. The van der Waals surface area contributed by atoms with Crippen molar-refractivity contribution in [3.05, 3.63) is 75.8 Å². The Morgan fingerprint density at radius 1 is 0.857 bits per heavy atom. The molecule has 0 aromatic heterocycles. The van der Waals surface area contributed by atoms with E-state index in [0.717, 1.165) is 26.7 Å². The molecule has 0 aliphatic rings.